The van der Waals surface area contributed by atoms with Gasteiger partial charge in [-0.15, -0.1) is 0 Å². The molecule has 6 nitrogen and oxygen atoms in total. The third kappa shape index (κ3) is 52.5. The van der Waals surface area contributed by atoms with Crippen LogP contribution in [0.15, 0.2) is 134 Å². The van der Waals surface area contributed by atoms with E-state index in [4.69, 9.17) is 14.2 Å². The van der Waals surface area contributed by atoms with E-state index < -0.39 is 6.10 Å². The SMILES string of the molecule is CC\C=C/C=C\C=C/C=C\CCCCCCCC(=O)OCC(COC(=O)CCCCCCC/C=C\C=C/CCCCCCCCC)OC(=O)CCC/C=C\C/C=C\C/C=C\C/C=C\C/C=C\CC. The van der Waals surface area contributed by atoms with Gasteiger partial charge in [0.15, 0.2) is 6.10 Å². The van der Waals surface area contributed by atoms with Gasteiger partial charge in [0.2, 0.25) is 0 Å². The summed E-state index contributed by atoms with van der Waals surface area (Å²) in [6.45, 7) is 6.29. The molecule has 0 spiro atoms. The summed E-state index contributed by atoms with van der Waals surface area (Å²) in [6, 6.07) is 0. The van der Waals surface area contributed by atoms with Gasteiger partial charge < -0.3 is 14.2 Å². The van der Waals surface area contributed by atoms with Gasteiger partial charge >= 0.3 is 17.9 Å². The van der Waals surface area contributed by atoms with E-state index in [1.54, 1.807) is 0 Å². The van der Waals surface area contributed by atoms with Crippen LogP contribution in [0.2, 0.25) is 0 Å². The summed E-state index contributed by atoms with van der Waals surface area (Å²) in [5.74, 6) is -1.02. The minimum absolute atomic E-state index is 0.121. The molecule has 6 heteroatoms. The van der Waals surface area contributed by atoms with Crippen molar-refractivity contribution in [1.29, 1.82) is 0 Å². The number of carbonyl (C=O) groups is 3. The Hall–Kier alpha value is -4.45. The molecule has 0 aromatic rings. The van der Waals surface area contributed by atoms with Gasteiger partial charge in [-0.05, 0) is 103 Å². The van der Waals surface area contributed by atoms with E-state index in [0.717, 1.165) is 122 Å². The Kier molecular flexibility index (Phi) is 51.5. The maximum atomic E-state index is 12.8. The first kappa shape index (κ1) is 63.5. The van der Waals surface area contributed by atoms with Crippen molar-refractivity contribution in [3.63, 3.8) is 0 Å². The summed E-state index contributed by atoms with van der Waals surface area (Å²) in [6.07, 6.45) is 77.2. The Bertz CT molecular complexity index is 1500. The van der Waals surface area contributed by atoms with Crippen molar-refractivity contribution in [3.05, 3.63) is 134 Å². The van der Waals surface area contributed by atoms with Gasteiger partial charge in [0, 0.05) is 19.3 Å². The van der Waals surface area contributed by atoms with E-state index in [0.29, 0.717) is 19.3 Å². The molecular weight excluding hydrogens is 841 g/mol. The van der Waals surface area contributed by atoms with Crippen LogP contribution >= 0.6 is 0 Å². The average molecular weight is 939 g/mol. The molecule has 0 fully saturated rings. The molecule has 0 aliphatic rings. The molecule has 0 rings (SSSR count). The van der Waals surface area contributed by atoms with E-state index in [2.05, 4.69) is 130 Å². The van der Waals surface area contributed by atoms with Crippen molar-refractivity contribution in [2.24, 2.45) is 0 Å². The van der Waals surface area contributed by atoms with Crippen LogP contribution in [0, 0.1) is 0 Å². The molecular formula is C62H98O6. The van der Waals surface area contributed by atoms with Gasteiger partial charge in [-0.2, -0.15) is 0 Å². The van der Waals surface area contributed by atoms with Crippen LogP contribution in [-0.4, -0.2) is 37.2 Å². The van der Waals surface area contributed by atoms with Gasteiger partial charge in [-0.1, -0.05) is 231 Å². The first-order chi connectivity index (χ1) is 33.5. The van der Waals surface area contributed by atoms with Gasteiger partial charge in [0.25, 0.3) is 0 Å². The Labute approximate surface area is 417 Å². The first-order valence-electron chi connectivity index (χ1n) is 27.3. The zero-order chi connectivity index (χ0) is 49.3. The number of allylic oxidation sites excluding steroid dienone is 22. The largest absolute Gasteiger partial charge is 0.462 e. The van der Waals surface area contributed by atoms with E-state index in [1.165, 1.54) is 51.4 Å². The molecule has 0 saturated carbocycles. The second-order valence-corrected chi connectivity index (χ2v) is 17.5. The van der Waals surface area contributed by atoms with Crippen LogP contribution in [0.5, 0.6) is 0 Å². The van der Waals surface area contributed by atoms with Crippen LogP contribution in [0.25, 0.3) is 0 Å². The minimum Gasteiger partial charge on any atom is -0.462 e. The summed E-state index contributed by atoms with van der Waals surface area (Å²) in [4.78, 5) is 38.1. The van der Waals surface area contributed by atoms with Crippen molar-refractivity contribution in [1.82, 2.24) is 0 Å². The molecule has 0 radical (unpaired) electrons. The lowest BCUT2D eigenvalue weighted by Crippen LogP contribution is -2.30. The minimum atomic E-state index is -0.830. The maximum Gasteiger partial charge on any atom is 0.306 e. The van der Waals surface area contributed by atoms with Crippen LogP contribution < -0.4 is 0 Å². The molecule has 68 heavy (non-hydrogen) atoms. The van der Waals surface area contributed by atoms with Crippen LogP contribution in [0.1, 0.15) is 220 Å². The molecule has 0 heterocycles. The number of rotatable bonds is 47. The highest BCUT2D eigenvalue weighted by atomic mass is 16.6. The smallest absolute Gasteiger partial charge is 0.306 e. The topological polar surface area (TPSA) is 78.9 Å². The van der Waals surface area contributed by atoms with Gasteiger partial charge in [-0.3, -0.25) is 14.4 Å². The molecule has 0 amide bonds. The lowest BCUT2D eigenvalue weighted by atomic mass is 10.1. The first-order valence-corrected chi connectivity index (χ1v) is 27.3. The van der Waals surface area contributed by atoms with E-state index >= 15 is 0 Å². The number of hydrogen-bond donors (Lipinski definition) is 0. The van der Waals surface area contributed by atoms with E-state index in [1.807, 2.05) is 24.3 Å². The summed E-state index contributed by atoms with van der Waals surface area (Å²) in [7, 11) is 0. The van der Waals surface area contributed by atoms with E-state index in [9.17, 15) is 14.4 Å². The summed E-state index contributed by atoms with van der Waals surface area (Å²) in [5.41, 5.74) is 0. The van der Waals surface area contributed by atoms with E-state index in [-0.39, 0.29) is 37.5 Å². The molecule has 0 bridgehead atoms. The zero-order valence-electron chi connectivity index (χ0n) is 43.6. The highest BCUT2D eigenvalue weighted by molar-refractivity contribution is 5.71. The average Bonchev–Trinajstić information content (AvgIpc) is 3.34. The Balaban J connectivity index is 4.57. The standard InChI is InChI=1S/C62H98O6/c1-4-7-10-13-16-19-22-25-28-30-32-34-37-40-43-46-49-52-55-61(64)67-58-59(57-66-60(63)54-51-48-45-42-39-36-33-27-24-21-18-15-12-9-6-3)68-62(65)56-53-50-47-44-41-38-35-31-29-26-23-20-17-14-11-8-5-2/h8-9,11-12,15,17-18,20-21,24,26-30,32-35,38,44,47,59H,4-7,10,13-14,16,19,22-23,25,31,36-37,39-43,45-46,48-58H2,1-3H3/b11-8-,12-9-,18-15-,20-17-,24-21-,29-26-,30-28-,33-27-,34-32-,38-35-,47-44-. The van der Waals surface area contributed by atoms with Crippen molar-refractivity contribution >= 4 is 17.9 Å². The highest BCUT2D eigenvalue weighted by Crippen LogP contribution is 2.13. The molecule has 0 N–H and O–H groups in total. The maximum absolute atomic E-state index is 12.8. The summed E-state index contributed by atoms with van der Waals surface area (Å²) in [5, 5.41) is 0. The fourth-order valence-electron chi connectivity index (χ4n) is 6.95. The third-order valence-electron chi connectivity index (χ3n) is 11.0. The number of ether oxygens (including phenoxy) is 3. The van der Waals surface area contributed by atoms with Crippen molar-refractivity contribution in [2.45, 2.75) is 226 Å². The Morgan fingerprint density at radius 2 is 0.662 bits per heavy atom. The quantitative estimate of drug-likeness (QED) is 0.0199. The van der Waals surface area contributed by atoms with Crippen LogP contribution in [0.3, 0.4) is 0 Å². The van der Waals surface area contributed by atoms with Crippen molar-refractivity contribution in [3.8, 4) is 0 Å². The molecule has 1 unspecified atom stereocenters. The molecule has 0 aliphatic heterocycles. The third-order valence-corrected chi connectivity index (χ3v) is 11.0. The predicted molar refractivity (Wildman–Crippen MR) is 292 cm³/mol. The fraction of sp³-hybridized carbons (Fsp3) is 0.597. The summed E-state index contributed by atoms with van der Waals surface area (Å²) < 4.78 is 16.7. The molecule has 382 valence electrons. The van der Waals surface area contributed by atoms with Crippen LogP contribution in [0.4, 0.5) is 0 Å². The normalized spacial score (nSPS) is 13.2. The van der Waals surface area contributed by atoms with Crippen LogP contribution in [-0.2, 0) is 28.6 Å². The number of unbranched alkanes of at least 4 members (excludes halogenated alkanes) is 18. The lowest BCUT2D eigenvalue weighted by Gasteiger charge is -2.18. The molecule has 1 atom stereocenters. The molecule has 0 aromatic heterocycles. The fourth-order valence-corrected chi connectivity index (χ4v) is 6.95. The van der Waals surface area contributed by atoms with Gasteiger partial charge in [0.05, 0.1) is 0 Å². The van der Waals surface area contributed by atoms with Gasteiger partial charge in [-0.25, -0.2) is 0 Å². The molecule has 0 saturated heterocycles. The number of carbonyl (C=O) groups excluding carboxylic acids is 3. The van der Waals surface area contributed by atoms with Crippen molar-refractivity contribution < 1.29 is 28.6 Å². The number of esters is 3. The second kappa shape index (κ2) is 55.1. The lowest BCUT2D eigenvalue weighted by molar-refractivity contribution is -0.167. The molecule has 0 aromatic carbocycles. The highest BCUT2D eigenvalue weighted by Gasteiger charge is 2.19. The Morgan fingerprint density at radius 1 is 0.324 bits per heavy atom. The second-order valence-electron chi connectivity index (χ2n) is 17.5. The van der Waals surface area contributed by atoms with Crippen molar-refractivity contribution in [2.75, 3.05) is 13.2 Å². The predicted octanol–water partition coefficient (Wildman–Crippen LogP) is 18.3. The van der Waals surface area contributed by atoms with Gasteiger partial charge in [0.1, 0.15) is 13.2 Å². The zero-order valence-corrected chi connectivity index (χ0v) is 43.6. The summed E-state index contributed by atoms with van der Waals surface area (Å²) >= 11 is 0. The molecule has 0 aliphatic carbocycles. The Morgan fingerprint density at radius 3 is 1.12 bits per heavy atom. The number of hydrogen-bond acceptors (Lipinski definition) is 6. The monoisotopic (exact) mass is 939 g/mol.